The number of esters is 1. The van der Waals surface area contributed by atoms with E-state index in [1.165, 1.54) is 4.90 Å². The summed E-state index contributed by atoms with van der Waals surface area (Å²) in [5.74, 6) is -4.01. The van der Waals surface area contributed by atoms with Crippen molar-refractivity contribution in [3.8, 4) is 0 Å². The Morgan fingerprint density at radius 2 is 1.60 bits per heavy atom. The van der Waals surface area contributed by atoms with Crippen LogP contribution < -0.4 is 27.8 Å². The first-order chi connectivity index (χ1) is 19.9. The number of hydrogen-bond donors (Lipinski definition) is 7. The number of carboxylic acid groups (broad SMARTS) is 2. The van der Waals surface area contributed by atoms with E-state index in [0.717, 1.165) is 5.56 Å². The quantitative estimate of drug-likeness (QED) is 0.130. The molecular formula is C29H40N6O7. The van der Waals surface area contributed by atoms with Crippen molar-refractivity contribution in [3.63, 3.8) is 0 Å². The van der Waals surface area contributed by atoms with Gasteiger partial charge in [-0.3, -0.25) is 19.8 Å². The monoisotopic (exact) mass is 584 g/mol. The molecule has 0 aliphatic carbocycles. The van der Waals surface area contributed by atoms with E-state index < -0.39 is 53.1 Å². The lowest BCUT2D eigenvalue weighted by atomic mass is 9.85. The molecular weight excluding hydrogens is 544 g/mol. The standard InChI is InChI=1S/C29H40N6O7/c1-19(34-23(25(37)38)13-12-20-8-4-2-5-9-20)24(36)33-16-22(30)17-35-15-14-28(31,29(35,32)26(39)40)27(41)42-18-21-10-6-3-7-11-21/h2-11,19,22-23,34H,12-18,30-32H2,1H3,(H,33,36)(H,37,38)(H,39,40)/t19-,22?,23?,28?,29+/m0/s1. The fraction of sp³-hybridized carbons (Fsp3) is 0.448. The topological polar surface area (TPSA) is 223 Å². The van der Waals surface area contributed by atoms with E-state index in [1.54, 1.807) is 31.2 Å². The molecule has 0 saturated carbocycles. The lowest BCUT2D eigenvalue weighted by Gasteiger charge is -2.40. The van der Waals surface area contributed by atoms with Crippen LogP contribution in [-0.2, 0) is 36.9 Å². The molecule has 1 amide bonds. The molecule has 42 heavy (non-hydrogen) atoms. The van der Waals surface area contributed by atoms with Gasteiger partial charge < -0.3 is 37.5 Å². The van der Waals surface area contributed by atoms with Crippen LogP contribution in [0.25, 0.3) is 0 Å². The number of rotatable bonds is 15. The van der Waals surface area contributed by atoms with Gasteiger partial charge in [0.15, 0.2) is 11.2 Å². The number of carbonyl (C=O) groups excluding carboxylic acids is 2. The average Bonchev–Trinajstić information content (AvgIpc) is 3.24. The minimum absolute atomic E-state index is 0.0566. The van der Waals surface area contributed by atoms with Crippen LogP contribution in [0.3, 0.4) is 0 Å². The molecule has 1 heterocycles. The highest BCUT2D eigenvalue weighted by Gasteiger charge is 2.65. The number of likely N-dealkylation sites (tertiary alicyclic amines) is 1. The van der Waals surface area contributed by atoms with Crippen LogP contribution in [0.1, 0.15) is 30.9 Å². The van der Waals surface area contributed by atoms with E-state index in [-0.39, 0.29) is 39.1 Å². The molecule has 0 spiro atoms. The van der Waals surface area contributed by atoms with Crippen LogP contribution in [0.5, 0.6) is 0 Å². The van der Waals surface area contributed by atoms with Crippen LogP contribution >= 0.6 is 0 Å². The lowest BCUT2D eigenvalue weighted by molar-refractivity contribution is -0.166. The lowest BCUT2D eigenvalue weighted by Crippen LogP contribution is -2.76. The zero-order valence-corrected chi connectivity index (χ0v) is 23.6. The average molecular weight is 585 g/mol. The van der Waals surface area contributed by atoms with Gasteiger partial charge in [0.1, 0.15) is 12.6 Å². The summed E-state index contributed by atoms with van der Waals surface area (Å²) < 4.78 is 5.34. The van der Waals surface area contributed by atoms with Crippen molar-refractivity contribution >= 4 is 23.8 Å². The van der Waals surface area contributed by atoms with Crippen molar-refractivity contribution in [2.45, 2.75) is 62.1 Å². The molecule has 13 heteroatoms. The minimum Gasteiger partial charge on any atom is -0.480 e. The summed E-state index contributed by atoms with van der Waals surface area (Å²) in [5.41, 5.74) is 16.2. The smallest absolute Gasteiger partial charge is 0.341 e. The summed E-state index contributed by atoms with van der Waals surface area (Å²) in [5, 5.41) is 25.1. The second-order valence-corrected chi connectivity index (χ2v) is 10.6. The van der Waals surface area contributed by atoms with Crippen LogP contribution in [0.15, 0.2) is 60.7 Å². The summed E-state index contributed by atoms with van der Waals surface area (Å²) in [6.45, 7) is 1.35. The molecule has 2 aromatic rings. The van der Waals surface area contributed by atoms with Crippen molar-refractivity contribution in [3.05, 3.63) is 71.8 Å². The van der Waals surface area contributed by atoms with Gasteiger partial charge in [-0.1, -0.05) is 60.7 Å². The predicted octanol–water partition coefficient (Wildman–Crippen LogP) is -0.620. The Bertz CT molecular complexity index is 1230. The second kappa shape index (κ2) is 14.3. The number of carboxylic acids is 2. The number of nitrogens with zero attached hydrogens (tertiary/aromatic N) is 1. The Labute approximate surface area is 244 Å². The highest BCUT2D eigenvalue weighted by Crippen LogP contribution is 2.34. The molecule has 2 aromatic carbocycles. The third-order valence-corrected chi connectivity index (χ3v) is 7.56. The molecule has 1 saturated heterocycles. The van der Waals surface area contributed by atoms with Gasteiger partial charge in [-0.15, -0.1) is 0 Å². The molecule has 0 radical (unpaired) electrons. The second-order valence-electron chi connectivity index (χ2n) is 10.6. The zero-order valence-electron chi connectivity index (χ0n) is 23.6. The molecule has 5 atom stereocenters. The molecule has 1 aliphatic rings. The van der Waals surface area contributed by atoms with Crippen molar-refractivity contribution < 1.29 is 34.1 Å². The molecule has 3 rings (SSSR count). The van der Waals surface area contributed by atoms with Crippen LogP contribution in [0.4, 0.5) is 0 Å². The highest BCUT2D eigenvalue weighted by atomic mass is 16.5. The normalized spacial score (nSPS) is 22.6. The number of amides is 1. The summed E-state index contributed by atoms with van der Waals surface area (Å²) in [4.78, 5) is 51.1. The van der Waals surface area contributed by atoms with Gasteiger partial charge in [0, 0.05) is 25.7 Å². The number of nitrogens with one attached hydrogen (secondary N) is 2. The van der Waals surface area contributed by atoms with Gasteiger partial charge in [-0.05, 0) is 37.3 Å². The van der Waals surface area contributed by atoms with Gasteiger partial charge in [0.25, 0.3) is 0 Å². The van der Waals surface area contributed by atoms with Gasteiger partial charge in [0.05, 0.1) is 6.04 Å². The number of ether oxygens (including phenoxy) is 1. The van der Waals surface area contributed by atoms with Crippen molar-refractivity contribution in [1.29, 1.82) is 0 Å². The summed E-state index contributed by atoms with van der Waals surface area (Å²) in [7, 11) is 0. The molecule has 0 aromatic heterocycles. The molecule has 13 nitrogen and oxygen atoms in total. The van der Waals surface area contributed by atoms with E-state index in [2.05, 4.69) is 10.6 Å². The summed E-state index contributed by atoms with van der Waals surface area (Å²) in [6, 6.07) is 15.7. The Hall–Kier alpha value is -3.88. The van der Waals surface area contributed by atoms with Gasteiger partial charge in [0.2, 0.25) is 5.91 Å². The third-order valence-electron chi connectivity index (χ3n) is 7.56. The number of hydrogen-bond acceptors (Lipinski definition) is 10. The molecule has 0 bridgehead atoms. The number of aryl methyl sites for hydroxylation is 1. The largest absolute Gasteiger partial charge is 0.480 e. The molecule has 228 valence electrons. The van der Waals surface area contributed by atoms with Crippen molar-refractivity contribution in [1.82, 2.24) is 15.5 Å². The molecule has 10 N–H and O–H groups in total. The first-order valence-electron chi connectivity index (χ1n) is 13.7. The fourth-order valence-electron chi connectivity index (χ4n) is 4.97. The highest BCUT2D eigenvalue weighted by molar-refractivity contribution is 5.94. The van der Waals surface area contributed by atoms with Crippen molar-refractivity contribution in [2.24, 2.45) is 17.2 Å². The Kier molecular flexibility index (Phi) is 11.1. The van der Waals surface area contributed by atoms with Crippen molar-refractivity contribution in [2.75, 3.05) is 19.6 Å². The Balaban J connectivity index is 1.54. The van der Waals surface area contributed by atoms with E-state index in [0.29, 0.717) is 12.0 Å². The van der Waals surface area contributed by atoms with Gasteiger partial charge >= 0.3 is 17.9 Å². The molecule has 1 fully saturated rings. The first-order valence-corrected chi connectivity index (χ1v) is 13.7. The number of nitrogens with two attached hydrogens (primary N) is 3. The SMILES string of the molecule is C[C@H](NC(CCc1ccccc1)C(=O)O)C(=O)NCC(N)CN1CCC(N)(C(=O)OCc2ccccc2)[C@@]1(N)C(=O)O. The maximum Gasteiger partial charge on any atom is 0.341 e. The predicted molar refractivity (Wildman–Crippen MR) is 154 cm³/mol. The minimum atomic E-state index is -2.30. The summed E-state index contributed by atoms with van der Waals surface area (Å²) in [6.07, 6.45) is 0.726. The van der Waals surface area contributed by atoms with E-state index in [9.17, 15) is 29.4 Å². The van der Waals surface area contributed by atoms with E-state index >= 15 is 0 Å². The van der Waals surface area contributed by atoms with Crippen LogP contribution in [0, 0.1) is 0 Å². The number of aliphatic carboxylic acids is 2. The Morgan fingerprint density at radius 3 is 2.17 bits per heavy atom. The van der Waals surface area contributed by atoms with Crippen LogP contribution in [-0.4, -0.2) is 87.9 Å². The maximum atomic E-state index is 13.0. The fourth-order valence-corrected chi connectivity index (χ4v) is 4.97. The number of benzene rings is 2. The maximum absolute atomic E-state index is 13.0. The number of carbonyl (C=O) groups is 4. The van der Waals surface area contributed by atoms with E-state index in [1.807, 2.05) is 36.4 Å². The molecule has 3 unspecified atom stereocenters. The molecule has 1 aliphatic heterocycles. The zero-order chi connectivity index (χ0) is 30.9. The van der Waals surface area contributed by atoms with Gasteiger partial charge in [-0.25, -0.2) is 9.59 Å². The van der Waals surface area contributed by atoms with E-state index in [4.69, 9.17) is 21.9 Å². The summed E-state index contributed by atoms with van der Waals surface area (Å²) >= 11 is 0. The third kappa shape index (κ3) is 7.69. The Morgan fingerprint density at radius 1 is 1.00 bits per heavy atom. The first kappa shape index (κ1) is 32.6. The van der Waals surface area contributed by atoms with Crippen LogP contribution in [0.2, 0.25) is 0 Å². The van der Waals surface area contributed by atoms with Gasteiger partial charge in [-0.2, -0.15) is 0 Å².